The lowest BCUT2D eigenvalue weighted by Gasteiger charge is -2.20. The molecular formula is C11H11BrO. The molecule has 0 aliphatic rings. The fourth-order valence-electron chi connectivity index (χ4n) is 1.11. The summed E-state index contributed by atoms with van der Waals surface area (Å²) in [4.78, 5) is 0. The van der Waals surface area contributed by atoms with Crippen molar-refractivity contribution in [2.75, 3.05) is 0 Å². The number of hydrogen-bond donors (Lipinski definition) is 1. The molecule has 0 spiro atoms. The smallest absolute Gasteiger partial charge is 0.0977 e. The Morgan fingerprint density at radius 1 is 1.46 bits per heavy atom. The number of hydrogen-bond acceptors (Lipinski definition) is 1. The predicted octanol–water partition coefficient (Wildman–Crippen LogP) is 2.68. The highest BCUT2D eigenvalue weighted by atomic mass is 79.9. The van der Waals surface area contributed by atoms with Crippen LogP contribution in [0.4, 0.5) is 0 Å². The quantitative estimate of drug-likeness (QED) is 0.786. The second-order valence-electron chi connectivity index (χ2n) is 3.16. The third kappa shape index (κ3) is 2.58. The Labute approximate surface area is 86.9 Å². The van der Waals surface area contributed by atoms with Gasteiger partial charge in [0.25, 0.3) is 0 Å². The van der Waals surface area contributed by atoms with E-state index in [1.807, 2.05) is 24.3 Å². The van der Waals surface area contributed by atoms with Crippen LogP contribution in [0.2, 0.25) is 0 Å². The molecule has 0 radical (unpaired) electrons. The molecule has 2 heteroatoms. The molecule has 1 atom stereocenters. The maximum absolute atomic E-state index is 9.92. The normalized spacial score (nSPS) is 14.6. The molecule has 0 saturated carbocycles. The lowest BCUT2D eigenvalue weighted by atomic mass is 9.93. The zero-order valence-corrected chi connectivity index (χ0v) is 9.01. The molecule has 1 nitrogen and oxygen atoms in total. The number of benzene rings is 1. The van der Waals surface area contributed by atoms with Crippen molar-refractivity contribution in [1.29, 1.82) is 0 Å². The Balaban J connectivity index is 2.95. The van der Waals surface area contributed by atoms with Crippen LogP contribution >= 0.6 is 15.9 Å². The maximum Gasteiger partial charge on any atom is 0.0977 e. The summed E-state index contributed by atoms with van der Waals surface area (Å²) in [5, 5.41) is 9.92. The summed E-state index contributed by atoms with van der Waals surface area (Å²) >= 11 is 3.33. The average molecular weight is 239 g/mol. The van der Waals surface area contributed by atoms with Crippen LogP contribution in [0.1, 0.15) is 18.9 Å². The van der Waals surface area contributed by atoms with E-state index in [4.69, 9.17) is 6.42 Å². The number of rotatable bonds is 2. The first-order valence-electron chi connectivity index (χ1n) is 3.98. The van der Waals surface area contributed by atoms with E-state index < -0.39 is 5.60 Å². The molecule has 0 aromatic heterocycles. The van der Waals surface area contributed by atoms with E-state index in [9.17, 15) is 5.11 Å². The van der Waals surface area contributed by atoms with Gasteiger partial charge < -0.3 is 5.11 Å². The van der Waals surface area contributed by atoms with Gasteiger partial charge in [-0.15, -0.1) is 12.3 Å². The fraction of sp³-hybridized carbons (Fsp3) is 0.273. The highest BCUT2D eigenvalue weighted by Gasteiger charge is 2.21. The summed E-state index contributed by atoms with van der Waals surface area (Å²) in [7, 11) is 0. The zero-order valence-electron chi connectivity index (χ0n) is 7.42. The molecule has 0 fully saturated rings. The molecule has 1 aromatic carbocycles. The van der Waals surface area contributed by atoms with E-state index in [-0.39, 0.29) is 0 Å². The zero-order chi connectivity index (χ0) is 9.90. The van der Waals surface area contributed by atoms with Crippen LogP contribution in [0.15, 0.2) is 28.7 Å². The van der Waals surface area contributed by atoms with Crippen LogP contribution in [0, 0.1) is 12.3 Å². The first-order chi connectivity index (χ1) is 6.06. The minimum absolute atomic E-state index is 0.328. The summed E-state index contributed by atoms with van der Waals surface area (Å²) in [6.07, 6.45) is 5.49. The van der Waals surface area contributed by atoms with Gasteiger partial charge in [0.05, 0.1) is 5.60 Å². The molecule has 1 aromatic rings. The number of aliphatic hydroxyl groups is 1. The lowest BCUT2D eigenvalue weighted by Crippen LogP contribution is -2.19. The monoisotopic (exact) mass is 238 g/mol. The number of halogens is 1. The molecule has 0 aliphatic carbocycles. The van der Waals surface area contributed by atoms with Crippen molar-refractivity contribution in [3.05, 3.63) is 34.3 Å². The van der Waals surface area contributed by atoms with Crippen molar-refractivity contribution < 1.29 is 5.11 Å². The van der Waals surface area contributed by atoms with Crippen molar-refractivity contribution in [1.82, 2.24) is 0 Å². The first-order valence-corrected chi connectivity index (χ1v) is 4.77. The van der Waals surface area contributed by atoms with E-state index in [0.717, 1.165) is 10.0 Å². The Morgan fingerprint density at radius 2 is 2.00 bits per heavy atom. The van der Waals surface area contributed by atoms with Gasteiger partial charge in [0, 0.05) is 10.9 Å². The molecule has 0 unspecified atom stereocenters. The molecule has 0 amide bonds. The molecule has 0 aliphatic heterocycles. The Morgan fingerprint density at radius 3 is 2.46 bits per heavy atom. The van der Waals surface area contributed by atoms with E-state index in [0.29, 0.717) is 6.42 Å². The predicted molar refractivity (Wildman–Crippen MR) is 57.2 cm³/mol. The van der Waals surface area contributed by atoms with Crippen LogP contribution in [-0.2, 0) is 5.60 Å². The second-order valence-corrected chi connectivity index (χ2v) is 4.08. The maximum atomic E-state index is 9.92. The third-order valence-electron chi connectivity index (χ3n) is 1.91. The summed E-state index contributed by atoms with van der Waals surface area (Å²) in [5.74, 6) is 2.46. The van der Waals surface area contributed by atoms with Crippen LogP contribution in [-0.4, -0.2) is 5.11 Å². The van der Waals surface area contributed by atoms with Gasteiger partial charge in [-0.05, 0) is 24.6 Å². The summed E-state index contributed by atoms with van der Waals surface area (Å²) < 4.78 is 0.993. The molecular weight excluding hydrogens is 228 g/mol. The van der Waals surface area contributed by atoms with Gasteiger partial charge in [0.15, 0.2) is 0 Å². The molecule has 1 N–H and O–H groups in total. The Bertz CT molecular complexity index is 319. The summed E-state index contributed by atoms with van der Waals surface area (Å²) in [5.41, 5.74) is -0.0798. The SMILES string of the molecule is C#CC[C@](C)(O)c1ccc(Br)cc1. The topological polar surface area (TPSA) is 20.2 Å². The highest BCUT2D eigenvalue weighted by molar-refractivity contribution is 9.10. The van der Waals surface area contributed by atoms with E-state index in [1.165, 1.54) is 0 Å². The van der Waals surface area contributed by atoms with Crippen molar-refractivity contribution in [3.8, 4) is 12.3 Å². The van der Waals surface area contributed by atoms with E-state index in [2.05, 4.69) is 21.9 Å². The minimum atomic E-state index is -0.921. The van der Waals surface area contributed by atoms with Crippen LogP contribution < -0.4 is 0 Å². The Hall–Kier alpha value is -0.780. The molecule has 0 heterocycles. The Kier molecular flexibility index (Phi) is 3.13. The standard InChI is InChI=1S/C11H11BrO/c1-3-8-11(2,13)9-4-6-10(12)7-5-9/h1,4-7,13H,8H2,2H3/t11-/m0/s1. The minimum Gasteiger partial charge on any atom is -0.384 e. The van der Waals surface area contributed by atoms with Gasteiger partial charge in [0.1, 0.15) is 0 Å². The summed E-state index contributed by atoms with van der Waals surface area (Å²) in [6.45, 7) is 1.72. The fourth-order valence-corrected chi connectivity index (χ4v) is 1.37. The molecule has 1 rings (SSSR count). The average Bonchev–Trinajstić information content (AvgIpc) is 2.05. The third-order valence-corrected chi connectivity index (χ3v) is 2.44. The van der Waals surface area contributed by atoms with Crippen molar-refractivity contribution >= 4 is 15.9 Å². The lowest BCUT2D eigenvalue weighted by molar-refractivity contribution is 0.0629. The van der Waals surface area contributed by atoms with Gasteiger partial charge in [-0.3, -0.25) is 0 Å². The molecule has 68 valence electrons. The molecule has 13 heavy (non-hydrogen) atoms. The van der Waals surface area contributed by atoms with Crippen LogP contribution in [0.3, 0.4) is 0 Å². The van der Waals surface area contributed by atoms with Gasteiger partial charge in [-0.2, -0.15) is 0 Å². The van der Waals surface area contributed by atoms with Crippen LogP contribution in [0.25, 0.3) is 0 Å². The van der Waals surface area contributed by atoms with Gasteiger partial charge in [0.2, 0.25) is 0 Å². The van der Waals surface area contributed by atoms with Crippen LogP contribution in [0.5, 0.6) is 0 Å². The van der Waals surface area contributed by atoms with E-state index >= 15 is 0 Å². The molecule has 0 saturated heterocycles. The van der Waals surface area contributed by atoms with Crippen molar-refractivity contribution in [2.45, 2.75) is 18.9 Å². The highest BCUT2D eigenvalue weighted by Crippen LogP contribution is 2.25. The molecule has 0 bridgehead atoms. The second kappa shape index (κ2) is 3.95. The largest absolute Gasteiger partial charge is 0.384 e. The first kappa shape index (κ1) is 10.3. The van der Waals surface area contributed by atoms with Crippen molar-refractivity contribution in [3.63, 3.8) is 0 Å². The van der Waals surface area contributed by atoms with Crippen molar-refractivity contribution in [2.24, 2.45) is 0 Å². The van der Waals surface area contributed by atoms with Gasteiger partial charge in [-0.25, -0.2) is 0 Å². The number of terminal acetylenes is 1. The van der Waals surface area contributed by atoms with Gasteiger partial charge >= 0.3 is 0 Å². The van der Waals surface area contributed by atoms with Gasteiger partial charge in [-0.1, -0.05) is 28.1 Å². The summed E-state index contributed by atoms with van der Waals surface area (Å²) in [6, 6.07) is 7.50. The van der Waals surface area contributed by atoms with E-state index in [1.54, 1.807) is 6.92 Å².